The molecule has 1 rings (SSSR count). The summed E-state index contributed by atoms with van der Waals surface area (Å²) in [4.78, 5) is 0. The first-order chi connectivity index (χ1) is 7.15. The lowest BCUT2D eigenvalue weighted by Gasteiger charge is -2.12. The Labute approximate surface area is 90.9 Å². The van der Waals surface area contributed by atoms with Crippen molar-refractivity contribution in [2.24, 2.45) is 5.73 Å². The molecule has 0 aliphatic carbocycles. The van der Waals surface area contributed by atoms with E-state index < -0.39 is 0 Å². The summed E-state index contributed by atoms with van der Waals surface area (Å²) in [5, 5.41) is 12.2. The lowest BCUT2D eigenvalue weighted by molar-refractivity contribution is 0.690. The van der Waals surface area contributed by atoms with Gasteiger partial charge in [0.05, 0.1) is 11.3 Å². The standard InChI is InChI=1S/C12H17N3/c1-9-4-3-5-11(8-13)12(9)15-7-6-10(2)14/h3-5,10,15H,6-7,14H2,1-2H3. The van der Waals surface area contributed by atoms with E-state index in [1.54, 1.807) is 0 Å². The molecule has 0 aliphatic rings. The van der Waals surface area contributed by atoms with Crippen molar-refractivity contribution in [1.82, 2.24) is 0 Å². The molecule has 0 amide bonds. The van der Waals surface area contributed by atoms with E-state index in [2.05, 4.69) is 11.4 Å². The Kier molecular flexibility index (Phi) is 4.14. The third-order valence-electron chi connectivity index (χ3n) is 2.29. The molecule has 15 heavy (non-hydrogen) atoms. The van der Waals surface area contributed by atoms with Gasteiger partial charge in [0.1, 0.15) is 6.07 Å². The van der Waals surface area contributed by atoms with Gasteiger partial charge in [-0.3, -0.25) is 0 Å². The van der Waals surface area contributed by atoms with Crippen LogP contribution in [0.3, 0.4) is 0 Å². The van der Waals surface area contributed by atoms with Gasteiger partial charge in [0.2, 0.25) is 0 Å². The summed E-state index contributed by atoms with van der Waals surface area (Å²) < 4.78 is 0. The molecule has 0 bridgehead atoms. The number of hydrogen-bond acceptors (Lipinski definition) is 3. The Morgan fingerprint density at radius 2 is 2.27 bits per heavy atom. The minimum absolute atomic E-state index is 0.187. The van der Waals surface area contributed by atoms with Crippen LogP contribution in [0.4, 0.5) is 5.69 Å². The Hall–Kier alpha value is -1.53. The van der Waals surface area contributed by atoms with E-state index in [0.29, 0.717) is 5.56 Å². The van der Waals surface area contributed by atoms with Crippen molar-refractivity contribution in [3.63, 3.8) is 0 Å². The van der Waals surface area contributed by atoms with Gasteiger partial charge >= 0.3 is 0 Å². The molecule has 1 unspecified atom stereocenters. The Balaban J connectivity index is 2.71. The first kappa shape index (κ1) is 11.5. The number of aryl methyl sites for hydroxylation is 1. The summed E-state index contributed by atoms with van der Waals surface area (Å²) in [6.45, 7) is 4.77. The normalized spacial score (nSPS) is 11.9. The molecule has 1 aromatic carbocycles. The van der Waals surface area contributed by atoms with Gasteiger partial charge in [0, 0.05) is 12.6 Å². The smallest absolute Gasteiger partial charge is 0.101 e. The topological polar surface area (TPSA) is 61.8 Å². The van der Waals surface area contributed by atoms with Crippen molar-refractivity contribution >= 4 is 5.69 Å². The van der Waals surface area contributed by atoms with Crippen LogP contribution in [-0.4, -0.2) is 12.6 Å². The molecular weight excluding hydrogens is 186 g/mol. The number of benzene rings is 1. The molecule has 0 saturated heterocycles. The van der Waals surface area contributed by atoms with E-state index >= 15 is 0 Å². The second-order valence-corrected chi connectivity index (χ2v) is 3.80. The molecule has 0 spiro atoms. The van der Waals surface area contributed by atoms with Gasteiger partial charge in [0.15, 0.2) is 0 Å². The van der Waals surface area contributed by atoms with Crippen LogP contribution in [0.2, 0.25) is 0 Å². The van der Waals surface area contributed by atoms with Gasteiger partial charge in [0.25, 0.3) is 0 Å². The zero-order valence-electron chi connectivity index (χ0n) is 9.25. The second kappa shape index (κ2) is 5.38. The fraction of sp³-hybridized carbons (Fsp3) is 0.417. The number of nitrogens with one attached hydrogen (secondary N) is 1. The van der Waals surface area contributed by atoms with E-state index in [9.17, 15) is 0 Å². The van der Waals surface area contributed by atoms with Gasteiger partial charge in [-0.05, 0) is 31.9 Å². The van der Waals surface area contributed by atoms with E-state index in [-0.39, 0.29) is 6.04 Å². The second-order valence-electron chi connectivity index (χ2n) is 3.80. The first-order valence-electron chi connectivity index (χ1n) is 5.14. The van der Waals surface area contributed by atoms with Crippen LogP contribution in [-0.2, 0) is 0 Å². The van der Waals surface area contributed by atoms with E-state index in [4.69, 9.17) is 11.0 Å². The third kappa shape index (κ3) is 3.26. The maximum absolute atomic E-state index is 8.94. The zero-order chi connectivity index (χ0) is 11.3. The zero-order valence-corrected chi connectivity index (χ0v) is 9.25. The largest absolute Gasteiger partial charge is 0.384 e. The number of nitrogens with two attached hydrogens (primary N) is 1. The summed E-state index contributed by atoms with van der Waals surface area (Å²) in [5.74, 6) is 0. The Bertz CT molecular complexity index is 364. The molecule has 0 aromatic heterocycles. The van der Waals surface area contributed by atoms with Crippen LogP contribution in [0.25, 0.3) is 0 Å². The molecule has 0 fully saturated rings. The average Bonchev–Trinajstić information content (AvgIpc) is 2.20. The van der Waals surface area contributed by atoms with Gasteiger partial charge in [-0.15, -0.1) is 0 Å². The summed E-state index contributed by atoms with van der Waals surface area (Å²) in [7, 11) is 0. The van der Waals surface area contributed by atoms with Crippen LogP contribution in [0, 0.1) is 18.3 Å². The predicted octanol–water partition coefficient (Wildman–Crippen LogP) is 2.02. The van der Waals surface area contributed by atoms with Gasteiger partial charge < -0.3 is 11.1 Å². The number of hydrogen-bond donors (Lipinski definition) is 2. The SMILES string of the molecule is Cc1cccc(C#N)c1NCCC(C)N. The van der Waals surface area contributed by atoms with Gasteiger partial charge in [-0.2, -0.15) is 5.26 Å². The number of para-hydroxylation sites is 1. The van der Waals surface area contributed by atoms with Crippen molar-refractivity contribution in [1.29, 1.82) is 5.26 Å². The highest BCUT2D eigenvalue weighted by atomic mass is 14.9. The highest BCUT2D eigenvalue weighted by Gasteiger charge is 2.04. The van der Waals surface area contributed by atoms with Gasteiger partial charge in [-0.25, -0.2) is 0 Å². The van der Waals surface area contributed by atoms with Crippen molar-refractivity contribution in [3.8, 4) is 6.07 Å². The first-order valence-corrected chi connectivity index (χ1v) is 5.14. The van der Waals surface area contributed by atoms with Crippen molar-refractivity contribution < 1.29 is 0 Å². The maximum Gasteiger partial charge on any atom is 0.101 e. The molecule has 0 radical (unpaired) electrons. The van der Waals surface area contributed by atoms with E-state index in [0.717, 1.165) is 24.2 Å². The predicted molar refractivity (Wildman–Crippen MR) is 62.7 cm³/mol. The summed E-state index contributed by atoms with van der Waals surface area (Å²) in [5.41, 5.74) is 8.38. The minimum atomic E-state index is 0.187. The van der Waals surface area contributed by atoms with Crippen LogP contribution in [0.5, 0.6) is 0 Å². The summed E-state index contributed by atoms with van der Waals surface area (Å²) in [6, 6.07) is 8.08. The lowest BCUT2D eigenvalue weighted by atomic mass is 10.1. The van der Waals surface area contributed by atoms with Crippen LogP contribution < -0.4 is 11.1 Å². The fourth-order valence-corrected chi connectivity index (χ4v) is 1.42. The molecule has 1 atom stereocenters. The monoisotopic (exact) mass is 203 g/mol. The van der Waals surface area contributed by atoms with E-state index in [1.807, 2.05) is 32.0 Å². The molecule has 0 aliphatic heterocycles. The number of anilines is 1. The van der Waals surface area contributed by atoms with Crippen LogP contribution in [0.1, 0.15) is 24.5 Å². The summed E-state index contributed by atoms with van der Waals surface area (Å²) in [6.07, 6.45) is 0.902. The van der Waals surface area contributed by atoms with E-state index in [1.165, 1.54) is 0 Å². The number of nitriles is 1. The quantitative estimate of drug-likeness (QED) is 0.787. The fourth-order valence-electron chi connectivity index (χ4n) is 1.42. The van der Waals surface area contributed by atoms with Crippen molar-refractivity contribution in [2.75, 3.05) is 11.9 Å². The molecule has 3 nitrogen and oxygen atoms in total. The lowest BCUT2D eigenvalue weighted by Crippen LogP contribution is -2.19. The average molecular weight is 203 g/mol. The minimum Gasteiger partial charge on any atom is -0.384 e. The number of nitrogens with zero attached hydrogens (tertiary/aromatic N) is 1. The molecule has 0 saturated carbocycles. The Morgan fingerprint density at radius 1 is 1.53 bits per heavy atom. The Morgan fingerprint density at radius 3 is 2.87 bits per heavy atom. The molecule has 80 valence electrons. The van der Waals surface area contributed by atoms with Crippen molar-refractivity contribution in [3.05, 3.63) is 29.3 Å². The van der Waals surface area contributed by atoms with Crippen molar-refractivity contribution in [2.45, 2.75) is 26.3 Å². The molecule has 3 heteroatoms. The molecule has 0 heterocycles. The van der Waals surface area contributed by atoms with Crippen LogP contribution in [0.15, 0.2) is 18.2 Å². The molecular formula is C12H17N3. The maximum atomic E-state index is 8.94. The molecule has 3 N–H and O–H groups in total. The third-order valence-corrected chi connectivity index (χ3v) is 2.29. The van der Waals surface area contributed by atoms with Gasteiger partial charge in [-0.1, -0.05) is 12.1 Å². The van der Waals surface area contributed by atoms with Crippen LogP contribution >= 0.6 is 0 Å². The number of rotatable bonds is 4. The highest BCUT2D eigenvalue weighted by molar-refractivity contribution is 5.62. The summed E-state index contributed by atoms with van der Waals surface area (Å²) >= 11 is 0. The molecule has 1 aromatic rings. The highest BCUT2D eigenvalue weighted by Crippen LogP contribution is 2.19.